The van der Waals surface area contributed by atoms with Gasteiger partial charge in [-0.25, -0.2) is 0 Å². The predicted octanol–water partition coefficient (Wildman–Crippen LogP) is 4.97. The van der Waals surface area contributed by atoms with Gasteiger partial charge in [-0.2, -0.15) is 0 Å². The number of thioether (sulfide) groups is 1. The maximum absolute atomic E-state index is 12.4. The van der Waals surface area contributed by atoms with E-state index in [-0.39, 0.29) is 11.2 Å². The summed E-state index contributed by atoms with van der Waals surface area (Å²) in [7, 11) is 1.67. The average molecular weight is 378 g/mol. The number of hydrogen-bond acceptors (Lipinski definition) is 3. The van der Waals surface area contributed by atoms with Crippen molar-refractivity contribution in [1.82, 2.24) is 5.32 Å². The van der Waals surface area contributed by atoms with Gasteiger partial charge < -0.3 is 10.1 Å². The molecule has 0 radical (unpaired) electrons. The Balaban J connectivity index is 1.76. The van der Waals surface area contributed by atoms with E-state index in [2.05, 4.69) is 11.4 Å². The summed E-state index contributed by atoms with van der Waals surface area (Å²) in [5.41, 5.74) is 1.22. The summed E-state index contributed by atoms with van der Waals surface area (Å²) in [4.78, 5) is 13.4. The largest absolute Gasteiger partial charge is 0.497 e. The van der Waals surface area contributed by atoms with Crippen LogP contribution in [0.5, 0.6) is 5.75 Å². The van der Waals surface area contributed by atoms with Crippen LogP contribution in [0.15, 0.2) is 53.4 Å². The lowest BCUT2D eigenvalue weighted by atomic mass is 10.1. The number of amides is 1. The maximum Gasteiger partial charge on any atom is 0.233 e. The highest BCUT2D eigenvalue weighted by atomic mass is 35.5. The molecule has 0 aliphatic heterocycles. The smallest absolute Gasteiger partial charge is 0.233 e. The average Bonchev–Trinajstić information content (AvgIpc) is 2.64. The standard InChI is InChI=1S/C20H24ClNO2S/c1-3-19(25-18-11-9-16(21)10-12-18)20(23)22-13-5-7-15-6-4-8-17(14-15)24-2/h4,6,8-12,14,19H,3,5,7,13H2,1-2H3,(H,22,23)/t19-/m1/s1. The number of nitrogens with one attached hydrogen (secondary N) is 1. The minimum atomic E-state index is -0.0852. The van der Waals surface area contributed by atoms with E-state index in [9.17, 15) is 4.79 Å². The van der Waals surface area contributed by atoms with Crippen LogP contribution >= 0.6 is 23.4 Å². The predicted molar refractivity (Wildman–Crippen MR) is 106 cm³/mol. The van der Waals surface area contributed by atoms with Gasteiger partial charge in [0.1, 0.15) is 5.75 Å². The molecule has 0 saturated carbocycles. The lowest BCUT2D eigenvalue weighted by Gasteiger charge is -2.15. The lowest BCUT2D eigenvalue weighted by molar-refractivity contribution is -0.120. The molecule has 5 heteroatoms. The van der Waals surface area contributed by atoms with Crippen molar-refractivity contribution >= 4 is 29.3 Å². The van der Waals surface area contributed by atoms with E-state index in [1.54, 1.807) is 18.9 Å². The fourth-order valence-electron chi connectivity index (χ4n) is 2.45. The summed E-state index contributed by atoms with van der Waals surface area (Å²) >= 11 is 7.48. The number of aryl methyl sites for hydroxylation is 1. The Morgan fingerprint density at radius 2 is 2.00 bits per heavy atom. The van der Waals surface area contributed by atoms with Crippen molar-refractivity contribution in [3.63, 3.8) is 0 Å². The van der Waals surface area contributed by atoms with Gasteiger partial charge in [0.15, 0.2) is 0 Å². The zero-order valence-corrected chi connectivity index (χ0v) is 16.2. The Bertz CT molecular complexity index is 676. The van der Waals surface area contributed by atoms with Crippen LogP contribution in [-0.4, -0.2) is 24.8 Å². The topological polar surface area (TPSA) is 38.3 Å². The van der Waals surface area contributed by atoms with E-state index in [0.717, 1.165) is 29.9 Å². The van der Waals surface area contributed by atoms with Gasteiger partial charge in [0.05, 0.1) is 12.4 Å². The van der Waals surface area contributed by atoms with Crippen LogP contribution in [0.25, 0.3) is 0 Å². The van der Waals surface area contributed by atoms with Crippen LogP contribution in [0.3, 0.4) is 0 Å². The first-order valence-electron chi connectivity index (χ1n) is 8.45. The fourth-order valence-corrected chi connectivity index (χ4v) is 3.55. The quantitative estimate of drug-likeness (QED) is 0.495. The number of ether oxygens (including phenoxy) is 1. The van der Waals surface area contributed by atoms with E-state index in [1.165, 1.54) is 5.56 Å². The molecule has 134 valence electrons. The maximum atomic E-state index is 12.4. The number of rotatable bonds is 9. The van der Waals surface area contributed by atoms with Crippen LogP contribution in [0.2, 0.25) is 5.02 Å². The van der Waals surface area contributed by atoms with Gasteiger partial charge in [0.2, 0.25) is 5.91 Å². The van der Waals surface area contributed by atoms with E-state index >= 15 is 0 Å². The number of halogens is 1. The summed E-state index contributed by atoms with van der Waals surface area (Å²) in [6, 6.07) is 15.6. The van der Waals surface area contributed by atoms with Gasteiger partial charge in [0, 0.05) is 16.5 Å². The van der Waals surface area contributed by atoms with Gasteiger partial charge in [-0.1, -0.05) is 30.7 Å². The first-order chi connectivity index (χ1) is 12.1. The Kier molecular flexibility index (Phi) is 8.16. The minimum absolute atomic E-state index is 0.0852. The highest BCUT2D eigenvalue weighted by Gasteiger charge is 2.17. The Morgan fingerprint density at radius 3 is 2.68 bits per heavy atom. The molecule has 0 saturated heterocycles. The SMILES string of the molecule is CC[C@@H](Sc1ccc(Cl)cc1)C(=O)NCCCc1cccc(OC)c1. The Hall–Kier alpha value is -1.65. The fraction of sp³-hybridized carbons (Fsp3) is 0.350. The molecule has 0 aromatic heterocycles. The number of carbonyl (C=O) groups excluding carboxylic acids is 1. The molecule has 2 rings (SSSR count). The molecule has 1 atom stereocenters. The monoisotopic (exact) mass is 377 g/mol. The molecule has 3 nitrogen and oxygen atoms in total. The second kappa shape index (κ2) is 10.4. The summed E-state index contributed by atoms with van der Waals surface area (Å²) in [6.07, 6.45) is 2.61. The summed E-state index contributed by atoms with van der Waals surface area (Å²) in [5, 5.41) is 3.67. The summed E-state index contributed by atoms with van der Waals surface area (Å²) in [5.74, 6) is 0.958. The normalized spacial score (nSPS) is 11.8. The van der Waals surface area contributed by atoms with Crippen LogP contribution in [0.1, 0.15) is 25.3 Å². The van der Waals surface area contributed by atoms with Gasteiger partial charge >= 0.3 is 0 Å². The number of benzene rings is 2. The van der Waals surface area contributed by atoms with Crippen molar-refractivity contribution in [2.24, 2.45) is 0 Å². The Labute approximate surface area is 159 Å². The highest BCUT2D eigenvalue weighted by molar-refractivity contribution is 8.00. The van der Waals surface area contributed by atoms with Gasteiger partial charge in [-0.3, -0.25) is 4.79 Å². The molecule has 25 heavy (non-hydrogen) atoms. The molecule has 2 aromatic rings. The molecule has 0 bridgehead atoms. The third-order valence-corrected chi connectivity index (χ3v) is 5.46. The number of hydrogen-bond donors (Lipinski definition) is 1. The molecule has 1 N–H and O–H groups in total. The summed E-state index contributed by atoms with van der Waals surface area (Å²) in [6.45, 7) is 2.71. The van der Waals surface area contributed by atoms with Gasteiger partial charge in [-0.15, -0.1) is 11.8 Å². The molecule has 0 fully saturated rings. The van der Waals surface area contributed by atoms with Crippen molar-refractivity contribution < 1.29 is 9.53 Å². The molecule has 0 aliphatic rings. The van der Waals surface area contributed by atoms with Crippen LogP contribution < -0.4 is 10.1 Å². The van der Waals surface area contributed by atoms with E-state index in [1.807, 2.05) is 49.4 Å². The van der Waals surface area contributed by atoms with Gasteiger partial charge in [-0.05, 0) is 61.2 Å². The Morgan fingerprint density at radius 1 is 1.24 bits per heavy atom. The second-order valence-electron chi connectivity index (χ2n) is 5.71. The van der Waals surface area contributed by atoms with Crippen molar-refractivity contribution in [3.8, 4) is 5.75 Å². The van der Waals surface area contributed by atoms with E-state index in [4.69, 9.17) is 16.3 Å². The lowest BCUT2D eigenvalue weighted by Crippen LogP contribution is -2.33. The number of methoxy groups -OCH3 is 1. The summed E-state index contributed by atoms with van der Waals surface area (Å²) < 4.78 is 5.23. The van der Waals surface area contributed by atoms with Crippen LogP contribution in [0.4, 0.5) is 0 Å². The molecule has 1 amide bonds. The first-order valence-corrected chi connectivity index (χ1v) is 9.71. The molecule has 0 aliphatic carbocycles. The highest BCUT2D eigenvalue weighted by Crippen LogP contribution is 2.26. The van der Waals surface area contributed by atoms with Crippen molar-refractivity contribution in [2.75, 3.05) is 13.7 Å². The van der Waals surface area contributed by atoms with Crippen molar-refractivity contribution in [2.45, 2.75) is 36.3 Å². The first kappa shape index (κ1) is 19.7. The minimum Gasteiger partial charge on any atom is -0.497 e. The molecular weight excluding hydrogens is 354 g/mol. The van der Waals surface area contributed by atoms with Gasteiger partial charge in [0.25, 0.3) is 0 Å². The zero-order valence-electron chi connectivity index (χ0n) is 14.6. The van der Waals surface area contributed by atoms with E-state index < -0.39 is 0 Å². The van der Waals surface area contributed by atoms with E-state index in [0.29, 0.717) is 11.6 Å². The third kappa shape index (κ3) is 6.63. The molecule has 0 unspecified atom stereocenters. The molecule has 0 spiro atoms. The van der Waals surface area contributed by atoms with Crippen molar-refractivity contribution in [1.29, 1.82) is 0 Å². The number of carbonyl (C=O) groups is 1. The third-order valence-electron chi connectivity index (χ3n) is 3.83. The molecular formula is C20H24ClNO2S. The van der Waals surface area contributed by atoms with Crippen LogP contribution in [0, 0.1) is 0 Å². The molecule has 2 aromatic carbocycles. The molecule has 0 heterocycles. The van der Waals surface area contributed by atoms with Crippen LogP contribution in [-0.2, 0) is 11.2 Å². The van der Waals surface area contributed by atoms with Crippen molar-refractivity contribution in [3.05, 3.63) is 59.1 Å². The second-order valence-corrected chi connectivity index (χ2v) is 7.43. The zero-order chi connectivity index (χ0) is 18.1.